The highest BCUT2D eigenvalue weighted by molar-refractivity contribution is 5.69. The molecule has 0 bridgehead atoms. The van der Waals surface area contributed by atoms with E-state index in [0.717, 1.165) is 34.7 Å². The zero-order chi connectivity index (χ0) is 21.8. The van der Waals surface area contributed by atoms with E-state index in [9.17, 15) is 0 Å². The fraction of sp³-hybridized carbons (Fsp3) is 0.280. The molecule has 0 fully saturated rings. The predicted octanol–water partition coefficient (Wildman–Crippen LogP) is 6.31. The van der Waals surface area contributed by atoms with Crippen LogP contribution in [0.2, 0.25) is 0 Å². The summed E-state index contributed by atoms with van der Waals surface area (Å²) in [7, 11) is 0. The number of benzene rings is 2. The Morgan fingerprint density at radius 2 is 1.58 bits per heavy atom. The van der Waals surface area contributed by atoms with Crippen LogP contribution in [0, 0.1) is 5.92 Å². The average molecular weight is 415 g/mol. The van der Waals surface area contributed by atoms with Crippen LogP contribution in [0.1, 0.15) is 45.1 Å². The van der Waals surface area contributed by atoms with Crippen LogP contribution < -0.4 is 4.74 Å². The van der Waals surface area contributed by atoms with Gasteiger partial charge in [0.1, 0.15) is 11.5 Å². The van der Waals surface area contributed by atoms with E-state index < -0.39 is 0 Å². The molecule has 2 aromatic heterocycles. The summed E-state index contributed by atoms with van der Waals surface area (Å²) < 4.78 is 12.0. The van der Waals surface area contributed by atoms with E-state index in [4.69, 9.17) is 9.15 Å². The zero-order valence-corrected chi connectivity index (χ0v) is 18.2. The number of rotatable bonds is 7. The summed E-state index contributed by atoms with van der Waals surface area (Å²) in [4.78, 5) is 0. The maximum atomic E-state index is 6.12. The van der Waals surface area contributed by atoms with Crippen LogP contribution >= 0.6 is 0 Å². The molecule has 158 valence electrons. The van der Waals surface area contributed by atoms with Gasteiger partial charge in [0.05, 0.1) is 5.69 Å². The monoisotopic (exact) mass is 414 g/mol. The molecule has 0 aliphatic carbocycles. The smallest absolute Gasteiger partial charge is 0.268 e. The second kappa shape index (κ2) is 9.08. The fourth-order valence-corrected chi connectivity index (χ4v) is 3.28. The van der Waals surface area contributed by atoms with Gasteiger partial charge in [0.15, 0.2) is 5.69 Å². The molecule has 31 heavy (non-hydrogen) atoms. The highest BCUT2D eigenvalue weighted by atomic mass is 16.5. The molecule has 0 saturated carbocycles. The van der Waals surface area contributed by atoms with Crippen molar-refractivity contribution in [2.75, 3.05) is 0 Å². The Labute approximate surface area is 182 Å². The maximum Gasteiger partial charge on any atom is 0.268 e. The minimum atomic E-state index is 0.157. The molecule has 0 N–H and O–H groups in total. The van der Waals surface area contributed by atoms with Gasteiger partial charge in [0.2, 0.25) is 5.89 Å². The first-order chi connectivity index (χ1) is 15.0. The molecule has 0 aliphatic heterocycles. The molecule has 0 saturated heterocycles. The Morgan fingerprint density at radius 1 is 0.839 bits per heavy atom. The van der Waals surface area contributed by atoms with Crippen molar-refractivity contribution in [2.45, 2.75) is 40.0 Å². The van der Waals surface area contributed by atoms with Crippen LogP contribution in [0.25, 0.3) is 22.8 Å². The molecule has 0 radical (unpaired) electrons. The minimum absolute atomic E-state index is 0.157. The van der Waals surface area contributed by atoms with Crippen molar-refractivity contribution >= 4 is 0 Å². The maximum absolute atomic E-state index is 6.12. The van der Waals surface area contributed by atoms with Crippen LogP contribution in [0.5, 0.6) is 11.5 Å². The average Bonchev–Trinajstić information content (AvgIpc) is 3.25. The molecule has 4 rings (SSSR count). The number of hydrogen-bond donors (Lipinski definition) is 0. The Morgan fingerprint density at radius 3 is 2.29 bits per heavy atom. The van der Waals surface area contributed by atoms with Crippen molar-refractivity contribution in [1.29, 1.82) is 0 Å². The lowest BCUT2D eigenvalue weighted by Crippen LogP contribution is -2.03. The molecule has 4 aromatic rings. The molecule has 2 heterocycles. The first-order valence-corrected chi connectivity index (χ1v) is 10.5. The van der Waals surface area contributed by atoms with E-state index in [1.807, 2.05) is 68.4 Å². The van der Waals surface area contributed by atoms with Gasteiger partial charge >= 0.3 is 0 Å². The topological polar surface area (TPSA) is 73.9 Å². The second-order valence-corrected chi connectivity index (χ2v) is 8.21. The van der Waals surface area contributed by atoms with Gasteiger partial charge < -0.3 is 9.15 Å². The summed E-state index contributed by atoms with van der Waals surface area (Å²) in [6, 6.07) is 19.6. The van der Waals surface area contributed by atoms with Crippen molar-refractivity contribution in [3.05, 3.63) is 72.1 Å². The Kier molecular flexibility index (Phi) is 6.07. The van der Waals surface area contributed by atoms with E-state index >= 15 is 0 Å². The lowest BCUT2D eigenvalue weighted by atomic mass is 9.99. The Hall–Kier alpha value is -3.54. The van der Waals surface area contributed by atoms with Gasteiger partial charge in [0, 0.05) is 11.5 Å². The van der Waals surface area contributed by atoms with E-state index in [-0.39, 0.29) is 5.92 Å². The normalized spacial score (nSPS) is 11.3. The molecule has 0 amide bonds. The SMILES string of the molecule is CC(C)Cc1cc(-c2ccccc2Oc2ccccc2)nnc1-c1nnc(C(C)C)o1. The predicted molar refractivity (Wildman–Crippen MR) is 120 cm³/mol. The van der Waals surface area contributed by atoms with Gasteiger partial charge in [-0.2, -0.15) is 0 Å². The molecule has 6 nitrogen and oxygen atoms in total. The van der Waals surface area contributed by atoms with Crippen LogP contribution in [0.4, 0.5) is 0 Å². The third kappa shape index (κ3) is 4.79. The zero-order valence-electron chi connectivity index (χ0n) is 18.2. The lowest BCUT2D eigenvalue weighted by Gasteiger charge is -2.13. The number of aromatic nitrogens is 4. The largest absolute Gasteiger partial charge is 0.457 e. The summed E-state index contributed by atoms with van der Waals surface area (Å²) in [5.41, 5.74) is 3.28. The molecule has 0 spiro atoms. The van der Waals surface area contributed by atoms with Crippen molar-refractivity contribution in [3.63, 3.8) is 0 Å². The molecular weight excluding hydrogens is 388 g/mol. The highest BCUT2D eigenvalue weighted by Crippen LogP contribution is 2.34. The quantitative estimate of drug-likeness (QED) is 0.353. The third-order valence-electron chi connectivity index (χ3n) is 4.77. The fourth-order valence-electron chi connectivity index (χ4n) is 3.28. The van der Waals surface area contributed by atoms with Gasteiger partial charge in [-0.05, 0) is 48.2 Å². The van der Waals surface area contributed by atoms with Crippen molar-refractivity contribution < 1.29 is 9.15 Å². The number of hydrogen-bond acceptors (Lipinski definition) is 6. The summed E-state index contributed by atoms with van der Waals surface area (Å²) in [5, 5.41) is 17.3. The van der Waals surface area contributed by atoms with Gasteiger partial charge in [-0.1, -0.05) is 58.0 Å². The molecule has 0 aliphatic rings. The summed E-state index contributed by atoms with van der Waals surface area (Å²) >= 11 is 0. The third-order valence-corrected chi connectivity index (χ3v) is 4.77. The van der Waals surface area contributed by atoms with E-state index in [1.54, 1.807) is 0 Å². The number of nitrogens with zero attached hydrogens (tertiary/aromatic N) is 4. The summed E-state index contributed by atoms with van der Waals surface area (Å²) in [6.07, 6.45) is 0.818. The van der Waals surface area contributed by atoms with Gasteiger partial charge in [-0.15, -0.1) is 20.4 Å². The van der Waals surface area contributed by atoms with Gasteiger partial charge in [-0.3, -0.25) is 0 Å². The van der Waals surface area contributed by atoms with Crippen molar-refractivity contribution in [1.82, 2.24) is 20.4 Å². The molecule has 6 heteroatoms. The van der Waals surface area contributed by atoms with Crippen LogP contribution in [0.3, 0.4) is 0 Å². The number of ether oxygens (including phenoxy) is 1. The van der Waals surface area contributed by atoms with Crippen LogP contribution in [-0.2, 0) is 6.42 Å². The van der Waals surface area contributed by atoms with E-state index in [0.29, 0.717) is 23.4 Å². The van der Waals surface area contributed by atoms with E-state index in [1.165, 1.54) is 0 Å². The Balaban J connectivity index is 1.75. The van der Waals surface area contributed by atoms with E-state index in [2.05, 4.69) is 40.3 Å². The highest BCUT2D eigenvalue weighted by Gasteiger charge is 2.19. The number of para-hydroxylation sites is 2. The lowest BCUT2D eigenvalue weighted by molar-refractivity contribution is 0.478. The molecule has 0 unspecified atom stereocenters. The van der Waals surface area contributed by atoms with Crippen molar-refractivity contribution in [2.24, 2.45) is 5.92 Å². The second-order valence-electron chi connectivity index (χ2n) is 8.21. The van der Waals surface area contributed by atoms with Crippen LogP contribution in [0.15, 0.2) is 65.1 Å². The summed E-state index contributed by atoms with van der Waals surface area (Å²) in [5.74, 6) is 3.09. The molecule has 2 aromatic carbocycles. The standard InChI is InChI=1S/C25H26N4O2/c1-16(2)14-18-15-21(26-27-23(18)25-29-28-24(31-25)17(3)4)20-12-8-9-13-22(20)30-19-10-6-5-7-11-19/h5-13,15-17H,14H2,1-4H3. The molecular formula is C25H26N4O2. The Bertz CT molecular complexity index is 1150. The first kappa shape index (κ1) is 20.7. The molecule has 0 atom stereocenters. The van der Waals surface area contributed by atoms with Crippen LogP contribution in [-0.4, -0.2) is 20.4 Å². The summed E-state index contributed by atoms with van der Waals surface area (Å²) in [6.45, 7) is 8.38. The van der Waals surface area contributed by atoms with Gasteiger partial charge in [0.25, 0.3) is 5.89 Å². The van der Waals surface area contributed by atoms with Crippen molar-refractivity contribution in [3.8, 4) is 34.3 Å². The minimum Gasteiger partial charge on any atom is -0.457 e. The first-order valence-electron chi connectivity index (χ1n) is 10.5. The van der Waals surface area contributed by atoms with Gasteiger partial charge in [-0.25, -0.2) is 0 Å².